The summed E-state index contributed by atoms with van der Waals surface area (Å²) in [6.45, 7) is 8.38. The summed E-state index contributed by atoms with van der Waals surface area (Å²) >= 11 is 0. The third kappa shape index (κ3) is 10.4. The van der Waals surface area contributed by atoms with E-state index in [2.05, 4.69) is 6.92 Å². The van der Waals surface area contributed by atoms with Crippen LogP contribution in [0.1, 0.15) is 86.0 Å². The van der Waals surface area contributed by atoms with E-state index in [-0.39, 0.29) is 72.9 Å². The molecule has 26 heteroatoms. The fraction of sp³-hybridized carbons (Fsp3) is 0.955. The Morgan fingerprint density at radius 3 is 2.16 bits per heavy atom. The Kier molecular flexibility index (Phi) is 16.1. The molecule has 0 amide bonds. The summed E-state index contributed by atoms with van der Waals surface area (Å²) in [6.07, 6.45) is -19.1. The van der Waals surface area contributed by atoms with Crippen LogP contribution < -0.4 is 0 Å². The molecule has 3 saturated carbocycles. The van der Waals surface area contributed by atoms with Crippen LogP contribution >= 0.6 is 0 Å². The highest BCUT2D eigenvalue weighted by Gasteiger charge is 2.69. The molecular weight excluding hydrogens is 977 g/mol. The summed E-state index contributed by atoms with van der Waals surface area (Å²) in [5.74, 6) is -1.91. The predicted molar refractivity (Wildman–Crippen MR) is 234 cm³/mol. The van der Waals surface area contributed by atoms with E-state index in [1.807, 2.05) is 26.8 Å². The van der Waals surface area contributed by atoms with Crippen LogP contribution in [0, 0.1) is 46.3 Å². The van der Waals surface area contributed by atoms with E-state index in [1.165, 1.54) is 6.92 Å². The van der Waals surface area contributed by atoms with E-state index >= 15 is 0 Å². The fourth-order valence-corrected chi connectivity index (χ4v) is 14.8. The van der Waals surface area contributed by atoms with Gasteiger partial charge in [0.1, 0.15) is 61.0 Å². The van der Waals surface area contributed by atoms with Crippen molar-refractivity contribution in [3.63, 3.8) is 0 Å². The standard InChI is InChI=1S/C44H72O24S2/c1-18(16-60-39-36(51)35(50)32(47)27(15-45)63-39)8-11-44(53)19(2)30-26(66-44)14-25-23-7-6-21-12-22(67-69(54,55)56)13-29(43(21,5)24(23)9-10-42(25,30)4)64-41-38(33(48)28(17-61-41)68-70(57,58)59)65-40-37(52)34(49)31(46)20(3)62-40/h6,18-20,22-41,45-53H,7-17H2,1-5H3,(H,54,55,56)(H,57,58,59). The van der Waals surface area contributed by atoms with E-state index in [9.17, 15) is 71.9 Å². The topological polar surface area (TPSA) is 374 Å². The van der Waals surface area contributed by atoms with Gasteiger partial charge in [0, 0.05) is 24.2 Å². The molecule has 4 aliphatic heterocycles. The van der Waals surface area contributed by atoms with Crippen molar-refractivity contribution in [3.8, 4) is 0 Å². The number of rotatable bonds is 15. The lowest BCUT2D eigenvalue weighted by Gasteiger charge is -2.60. The van der Waals surface area contributed by atoms with Gasteiger partial charge in [0.15, 0.2) is 24.7 Å². The van der Waals surface area contributed by atoms with Crippen LogP contribution in [0.5, 0.6) is 0 Å². The maximum Gasteiger partial charge on any atom is 0.397 e. The average Bonchev–Trinajstić information content (AvgIpc) is 3.72. The molecule has 404 valence electrons. The van der Waals surface area contributed by atoms with E-state index in [1.54, 1.807) is 0 Å². The maximum absolute atomic E-state index is 12.2. The second-order valence-corrected chi connectivity index (χ2v) is 23.7. The Bertz CT molecular complexity index is 2100. The molecule has 4 saturated heterocycles. The third-order valence-electron chi connectivity index (χ3n) is 17.5. The number of aliphatic hydroxyl groups excluding tert-OH is 8. The lowest BCUT2D eigenvalue weighted by molar-refractivity contribution is -0.361. The smallest absolute Gasteiger partial charge is 0.394 e. The molecule has 4 heterocycles. The molecule has 4 aliphatic carbocycles. The monoisotopic (exact) mass is 1050 g/mol. The summed E-state index contributed by atoms with van der Waals surface area (Å²) in [4.78, 5) is 0. The molecule has 0 spiro atoms. The molecule has 70 heavy (non-hydrogen) atoms. The van der Waals surface area contributed by atoms with Crippen LogP contribution in [0.15, 0.2) is 11.6 Å². The molecule has 8 rings (SSSR count). The van der Waals surface area contributed by atoms with Gasteiger partial charge in [-0.2, -0.15) is 16.8 Å². The third-order valence-corrected chi connectivity index (χ3v) is 18.5. The molecule has 0 aromatic carbocycles. The van der Waals surface area contributed by atoms with Gasteiger partial charge < -0.3 is 79.1 Å². The van der Waals surface area contributed by atoms with Gasteiger partial charge in [-0.15, -0.1) is 0 Å². The summed E-state index contributed by atoms with van der Waals surface area (Å²) in [5, 5.41) is 95.7. The van der Waals surface area contributed by atoms with Crippen molar-refractivity contribution in [2.24, 2.45) is 46.3 Å². The van der Waals surface area contributed by atoms with Crippen LogP contribution in [-0.4, -0.2) is 202 Å². The molecule has 26 unspecified atom stereocenters. The van der Waals surface area contributed by atoms with Crippen molar-refractivity contribution < 1.29 is 113 Å². The van der Waals surface area contributed by atoms with Crippen LogP contribution in [-0.2, 0) is 62.3 Å². The zero-order valence-electron chi connectivity index (χ0n) is 39.7. The lowest BCUT2D eigenvalue weighted by Crippen LogP contribution is -2.64. The first kappa shape index (κ1) is 55.1. The Balaban J connectivity index is 0.995. The predicted octanol–water partition coefficient (Wildman–Crippen LogP) is -1.57. The highest BCUT2D eigenvalue weighted by molar-refractivity contribution is 7.81. The minimum atomic E-state index is -5.16. The Morgan fingerprint density at radius 2 is 1.49 bits per heavy atom. The van der Waals surface area contributed by atoms with Gasteiger partial charge in [0.25, 0.3) is 0 Å². The summed E-state index contributed by atoms with van der Waals surface area (Å²) < 4.78 is 119. The highest BCUT2D eigenvalue weighted by Crippen LogP contribution is 2.70. The van der Waals surface area contributed by atoms with Gasteiger partial charge in [0.2, 0.25) is 0 Å². The summed E-state index contributed by atoms with van der Waals surface area (Å²) in [7, 11) is -10.1. The number of hydrogen-bond donors (Lipinski definition) is 11. The van der Waals surface area contributed by atoms with Crippen LogP contribution in [0.2, 0.25) is 0 Å². The van der Waals surface area contributed by atoms with Gasteiger partial charge in [-0.05, 0) is 80.5 Å². The largest absolute Gasteiger partial charge is 0.397 e. The first-order chi connectivity index (χ1) is 32.6. The number of allylic oxidation sites excluding steroid dienone is 1. The van der Waals surface area contributed by atoms with Crippen molar-refractivity contribution in [2.45, 2.75) is 196 Å². The zero-order chi connectivity index (χ0) is 51.2. The Hall–Kier alpha value is -1.16. The Labute approximate surface area is 407 Å². The van der Waals surface area contributed by atoms with Gasteiger partial charge in [-0.3, -0.25) is 9.11 Å². The van der Waals surface area contributed by atoms with Crippen LogP contribution in [0.3, 0.4) is 0 Å². The molecule has 0 bridgehead atoms. The maximum atomic E-state index is 12.2. The molecule has 26 atom stereocenters. The normalized spacial score (nSPS) is 51.2. The van der Waals surface area contributed by atoms with Crippen molar-refractivity contribution in [3.05, 3.63) is 11.6 Å². The molecule has 24 nitrogen and oxygen atoms in total. The van der Waals surface area contributed by atoms with Crippen molar-refractivity contribution in [1.29, 1.82) is 0 Å². The average molecular weight is 1050 g/mol. The Morgan fingerprint density at radius 1 is 0.814 bits per heavy atom. The minimum absolute atomic E-state index is 0.0270. The second-order valence-electron chi connectivity index (χ2n) is 21.6. The number of aliphatic hydroxyl groups is 9. The number of ether oxygens (including phenoxy) is 7. The van der Waals surface area contributed by atoms with E-state index in [4.69, 9.17) is 41.5 Å². The minimum Gasteiger partial charge on any atom is -0.394 e. The number of hydrogen-bond acceptors (Lipinski definition) is 22. The van der Waals surface area contributed by atoms with Crippen molar-refractivity contribution in [1.82, 2.24) is 0 Å². The van der Waals surface area contributed by atoms with Gasteiger partial charge >= 0.3 is 20.8 Å². The van der Waals surface area contributed by atoms with E-state index in [0.717, 1.165) is 12.0 Å². The summed E-state index contributed by atoms with van der Waals surface area (Å²) in [5.41, 5.74) is -0.370. The van der Waals surface area contributed by atoms with E-state index in [0.29, 0.717) is 25.7 Å². The molecule has 8 aliphatic rings. The van der Waals surface area contributed by atoms with Crippen molar-refractivity contribution in [2.75, 3.05) is 19.8 Å². The summed E-state index contributed by atoms with van der Waals surface area (Å²) in [6, 6.07) is 0. The molecule has 0 aromatic heterocycles. The first-order valence-electron chi connectivity index (χ1n) is 24.2. The quantitative estimate of drug-likeness (QED) is 0.0652. The van der Waals surface area contributed by atoms with Crippen LogP contribution in [0.4, 0.5) is 0 Å². The highest BCUT2D eigenvalue weighted by atomic mass is 32.3. The molecule has 0 radical (unpaired) electrons. The molecule has 11 N–H and O–H groups in total. The lowest BCUT2D eigenvalue weighted by atomic mass is 9.46. The fourth-order valence-electron chi connectivity index (χ4n) is 13.8. The molecule has 0 aromatic rings. The zero-order valence-corrected chi connectivity index (χ0v) is 41.3. The number of fused-ring (bicyclic) bond motifs is 7. The van der Waals surface area contributed by atoms with Gasteiger partial charge in [0.05, 0.1) is 44.2 Å². The van der Waals surface area contributed by atoms with Gasteiger partial charge in [-0.1, -0.05) is 39.3 Å². The van der Waals surface area contributed by atoms with E-state index < -0.39 is 143 Å². The SMILES string of the molecule is CC(CCC1(O)OC2CC3C4CC=C5CC(OS(=O)(=O)O)CC(OC6OCC(OS(=O)(=O)O)C(O)C6OC6OC(C)C(O)C(O)C6O)C5(C)C4CCC3(C)C2C1C)COC1OC(CO)C(O)C(O)C1O. The van der Waals surface area contributed by atoms with Crippen molar-refractivity contribution >= 4 is 20.8 Å². The second kappa shape index (κ2) is 20.4. The molecular formula is C44H72O24S2. The first-order valence-corrected chi connectivity index (χ1v) is 27.0. The van der Waals surface area contributed by atoms with Gasteiger partial charge in [-0.25, -0.2) is 8.37 Å². The molecule has 7 fully saturated rings. The van der Waals surface area contributed by atoms with Crippen LogP contribution in [0.25, 0.3) is 0 Å².